The van der Waals surface area contributed by atoms with Gasteiger partial charge in [-0.3, -0.25) is 10.1 Å². The summed E-state index contributed by atoms with van der Waals surface area (Å²) in [6.07, 6.45) is 0. The Hall–Kier alpha value is -3.03. The Morgan fingerprint density at radius 2 is 2.00 bits per heavy atom. The van der Waals surface area contributed by atoms with Gasteiger partial charge in [0, 0.05) is 11.6 Å². The van der Waals surface area contributed by atoms with Gasteiger partial charge in [0.2, 0.25) is 0 Å². The molecule has 8 heteroatoms. The number of halogens is 1. The number of rotatable bonds is 4. The molecule has 0 aliphatic carbocycles. The predicted molar refractivity (Wildman–Crippen MR) is 74.5 cm³/mol. The first kappa shape index (κ1) is 14.4. The number of amides is 3. The van der Waals surface area contributed by atoms with Crippen molar-refractivity contribution in [2.45, 2.75) is 0 Å². The molecule has 2 aromatic rings. The van der Waals surface area contributed by atoms with Crippen molar-refractivity contribution < 1.29 is 18.7 Å². The maximum absolute atomic E-state index is 13.2. The second-order valence-electron chi connectivity index (χ2n) is 4.17. The van der Waals surface area contributed by atoms with Gasteiger partial charge in [0.1, 0.15) is 17.4 Å². The third kappa shape index (κ3) is 2.94. The summed E-state index contributed by atoms with van der Waals surface area (Å²) in [5, 5.41) is 2.26. The number of aromatic amines is 1. The minimum absolute atomic E-state index is 0.0511. The molecule has 0 aliphatic heterocycles. The van der Waals surface area contributed by atoms with Gasteiger partial charge in [-0.25, -0.2) is 9.18 Å². The van der Waals surface area contributed by atoms with Gasteiger partial charge in [-0.2, -0.15) is 0 Å². The first-order valence-electron chi connectivity index (χ1n) is 5.85. The molecule has 110 valence electrons. The van der Waals surface area contributed by atoms with Gasteiger partial charge < -0.3 is 21.2 Å². The van der Waals surface area contributed by atoms with Crippen molar-refractivity contribution in [1.29, 1.82) is 0 Å². The lowest BCUT2D eigenvalue weighted by Gasteiger charge is -2.06. The molecule has 0 atom stereocenters. The zero-order valence-corrected chi connectivity index (χ0v) is 11.1. The topological polar surface area (TPSA) is 123 Å². The van der Waals surface area contributed by atoms with E-state index in [1.54, 1.807) is 0 Å². The van der Waals surface area contributed by atoms with E-state index in [0.29, 0.717) is 11.3 Å². The molecule has 0 fully saturated rings. The monoisotopic (exact) mass is 292 g/mol. The number of H-pyrrole nitrogens is 1. The molecule has 0 saturated heterocycles. The second kappa shape index (κ2) is 5.53. The minimum Gasteiger partial charge on any atom is -0.496 e. The quantitative estimate of drug-likeness (QED) is 0.681. The van der Waals surface area contributed by atoms with Crippen molar-refractivity contribution in [1.82, 2.24) is 4.98 Å². The molecule has 1 aromatic heterocycles. The Bertz CT molecular complexity index is 711. The van der Waals surface area contributed by atoms with Crippen LogP contribution in [0.3, 0.4) is 0 Å². The maximum Gasteiger partial charge on any atom is 0.317 e. The number of nitrogens with two attached hydrogens (primary N) is 2. The number of nitrogens with one attached hydrogen (secondary N) is 2. The first-order valence-corrected chi connectivity index (χ1v) is 5.85. The minimum atomic E-state index is -0.850. The Morgan fingerprint density at radius 3 is 2.57 bits per heavy atom. The smallest absolute Gasteiger partial charge is 0.317 e. The van der Waals surface area contributed by atoms with Crippen LogP contribution in [0.25, 0.3) is 11.3 Å². The molecule has 1 aromatic carbocycles. The molecule has 3 amide bonds. The number of benzene rings is 1. The number of ether oxygens (including phenoxy) is 1. The number of urea groups is 1. The van der Waals surface area contributed by atoms with E-state index in [9.17, 15) is 14.0 Å². The van der Waals surface area contributed by atoms with Crippen LogP contribution < -0.4 is 21.5 Å². The molecule has 0 saturated carbocycles. The lowest BCUT2D eigenvalue weighted by molar-refractivity contribution is 0.100. The Kier molecular flexibility index (Phi) is 3.79. The average molecular weight is 292 g/mol. The summed E-state index contributed by atoms with van der Waals surface area (Å²) in [6, 6.07) is 4.48. The molecular weight excluding hydrogens is 279 g/mol. The van der Waals surface area contributed by atoms with Crippen molar-refractivity contribution in [2.24, 2.45) is 11.5 Å². The number of hydrogen-bond donors (Lipinski definition) is 4. The van der Waals surface area contributed by atoms with Crippen LogP contribution in [0.5, 0.6) is 5.75 Å². The molecule has 1 heterocycles. The van der Waals surface area contributed by atoms with Gasteiger partial charge >= 0.3 is 6.03 Å². The summed E-state index contributed by atoms with van der Waals surface area (Å²) in [5.74, 6) is -0.885. The normalized spacial score (nSPS) is 10.2. The van der Waals surface area contributed by atoms with Crippen molar-refractivity contribution >= 4 is 17.8 Å². The third-order valence-electron chi connectivity index (χ3n) is 2.79. The zero-order valence-electron chi connectivity index (χ0n) is 11.1. The first-order chi connectivity index (χ1) is 9.92. The Balaban J connectivity index is 2.54. The van der Waals surface area contributed by atoms with Crippen LogP contribution >= 0.6 is 0 Å². The molecule has 21 heavy (non-hydrogen) atoms. The van der Waals surface area contributed by atoms with E-state index in [2.05, 4.69) is 10.3 Å². The molecule has 7 nitrogen and oxygen atoms in total. The summed E-state index contributed by atoms with van der Waals surface area (Å²) in [6.45, 7) is 0. The van der Waals surface area contributed by atoms with E-state index in [-0.39, 0.29) is 17.1 Å². The number of anilines is 1. The van der Waals surface area contributed by atoms with Gasteiger partial charge in [0.15, 0.2) is 0 Å². The molecule has 6 N–H and O–H groups in total. The number of aromatic nitrogens is 1. The molecule has 0 unspecified atom stereocenters. The van der Waals surface area contributed by atoms with E-state index in [4.69, 9.17) is 16.2 Å². The zero-order chi connectivity index (χ0) is 15.6. The lowest BCUT2D eigenvalue weighted by Crippen LogP contribution is -2.22. The van der Waals surface area contributed by atoms with Crippen LogP contribution in [0.15, 0.2) is 24.3 Å². The Morgan fingerprint density at radius 1 is 1.29 bits per heavy atom. The molecule has 0 bridgehead atoms. The van der Waals surface area contributed by atoms with E-state index in [1.807, 2.05) is 0 Å². The molecule has 0 spiro atoms. The van der Waals surface area contributed by atoms with Crippen molar-refractivity contribution in [3.8, 4) is 17.0 Å². The fourth-order valence-corrected chi connectivity index (χ4v) is 1.90. The SMILES string of the molecule is COc1cc(F)ccc1-c1cc(C(N)=O)c(NC(N)=O)[nH]1. The predicted octanol–water partition coefficient (Wildman–Crippen LogP) is 1.42. The fraction of sp³-hybridized carbons (Fsp3) is 0.0769. The van der Waals surface area contributed by atoms with Crippen LogP contribution in [0, 0.1) is 5.82 Å². The summed E-state index contributed by atoms with van der Waals surface area (Å²) < 4.78 is 18.3. The van der Waals surface area contributed by atoms with Crippen LogP contribution in [0.2, 0.25) is 0 Å². The molecular formula is C13H13FN4O3. The standard InChI is InChI=1S/C13H13FN4O3/c1-21-10-4-6(14)2-3-7(10)9-5-8(11(15)19)12(17-9)18-13(16)20/h2-5,17H,1H3,(H2,15,19)(H3,16,18,20). The highest BCUT2D eigenvalue weighted by Crippen LogP contribution is 2.32. The highest BCUT2D eigenvalue weighted by molar-refractivity contribution is 6.03. The lowest BCUT2D eigenvalue weighted by atomic mass is 10.1. The van der Waals surface area contributed by atoms with E-state index in [1.165, 1.54) is 31.4 Å². The van der Waals surface area contributed by atoms with Gasteiger partial charge in [0.05, 0.1) is 18.4 Å². The Labute approximate surface area is 119 Å². The fourth-order valence-electron chi connectivity index (χ4n) is 1.90. The van der Waals surface area contributed by atoms with E-state index < -0.39 is 17.8 Å². The average Bonchev–Trinajstić information content (AvgIpc) is 2.81. The number of carbonyl (C=O) groups is 2. The van der Waals surface area contributed by atoms with Gasteiger partial charge in [0.25, 0.3) is 5.91 Å². The molecule has 2 rings (SSSR count). The number of carbonyl (C=O) groups excluding carboxylic acids is 2. The third-order valence-corrected chi connectivity index (χ3v) is 2.79. The highest BCUT2D eigenvalue weighted by atomic mass is 19.1. The molecule has 0 radical (unpaired) electrons. The van der Waals surface area contributed by atoms with Crippen LogP contribution in [-0.2, 0) is 0 Å². The van der Waals surface area contributed by atoms with Crippen LogP contribution in [-0.4, -0.2) is 24.0 Å². The number of primary amides is 2. The van der Waals surface area contributed by atoms with Crippen molar-refractivity contribution in [2.75, 3.05) is 12.4 Å². The summed E-state index contributed by atoms with van der Waals surface area (Å²) in [5.41, 5.74) is 11.2. The van der Waals surface area contributed by atoms with Crippen LogP contribution in [0.1, 0.15) is 10.4 Å². The second-order valence-corrected chi connectivity index (χ2v) is 4.17. The van der Waals surface area contributed by atoms with Gasteiger partial charge in [-0.05, 0) is 18.2 Å². The maximum atomic E-state index is 13.2. The summed E-state index contributed by atoms with van der Waals surface area (Å²) in [4.78, 5) is 25.1. The van der Waals surface area contributed by atoms with Crippen molar-refractivity contribution in [3.63, 3.8) is 0 Å². The largest absolute Gasteiger partial charge is 0.496 e. The van der Waals surface area contributed by atoms with Crippen LogP contribution in [0.4, 0.5) is 15.0 Å². The molecule has 0 aliphatic rings. The van der Waals surface area contributed by atoms with Crippen molar-refractivity contribution in [3.05, 3.63) is 35.6 Å². The summed E-state index contributed by atoms with van der Waals surface area (Å²) >= 11 is 0. The highest BCUT2D eigenvalue weighted by Gasteiger charge is 2.17. The van der Waals surface area contributed by atoms with E-state index in [0.717, 1.165) is 0 Å². The van der Waals surface area contributed by atoms with E-state index >= 15 is 0 Å². The summed E-state index contributed by atoms with van der Waals surface area (Å²) in [7, 11) is 1.39. The van der Waals surface area contributed by atoms with Gasteiger partial charge in [-0.1, -0.05) is 0 Å². The number of hydrogen-bond acceptors (Lipinski definition) is 3. The van der Waals surface area contributed by atoms with Gasteiger partial charge in [-0.15, -0.1) is 0 Å². The number of methoxy groups -OCH3 is 1.